The van der Waals surface area contributed by atoms with Crippen molar-refractivity contribution < 1.29 is 9.72 Å². The summed E-state index contributed by atoms with van der Waals surface area (Å²) in [6.07, 6.45) is 2.05. The van der Waals surface area contributed by atoms with Gasteiger partial charge < -0.3 is 10.2 Å². The number of nitrogens with one attached hydrogen (secondary N) is 1. The molecule has 1 amide bonds. The van der Waals surface area contributed by atoms with Gasteiger partial charge in [-0.05, 0) is 30.9 Å². The minimum atomic E-state index is -0.500. The minimum Gasteiger partial charge on any atom is -0.388 e. The molecule has 0 aliphatic carbocycles. The summed E-state index contributed by atoms with van der Waals surface area (Å²) in [4.78, 5) is 24.8. The van der Waals surface area contributed by atoms with Crippen molar-refractivity contribution in [3.05, 3.63) is 33.9 Å². The second kappa shape index (κ2) is 5.90. The van der Waals surface area contributed by atoms with Gasteiger partial charge in [0, 0.05) is 31.9 Å². The number of amides is 1. The normalized spacial score (nSPS) is 18.7. The van der Waals surface area contributed by atoms with Crippen molar-refractivity contribution in [2.24, 2.45) is 5.92 Å². The number of rotatable bonds is 3. The molecule has 2 rings (SSSR count). The highest BCUT2D eigenvalue weighted by Crippen LogP contribution is 2.26. The summed E-state index contributed by atoms with van der Waals surface area (Å²) in [5.41, 5.74) is 0.729. The molecule has 1 aliphatic heterocycles. The Bertz CT molecular complexity index is 530. The van der Waals surface area contributed by atoms with Crippen LogP contribution in [0.15, 0.2) is 18.2 Å². The molecule has 1 heterocycles. The van der Waals surface area contributed by atoms with Gasteiger partial charge >= 0.3 is 0 Å². The number of piperidine rings is 1. The van der Waals surface area contributed by atoms with Gasteiger partial charge in [0.2, 0.25) is 0 Å². The molecule has 1 unspecified atom stereocenters. The fourth-order valence-corrected chi connectivity index (χ4v) is 2.57. The summed E-state index contributed by atoms with van der Waals surface area (Å²) in [7, 11) is 1.72. The molecule has 1 aliphatic rings. The number of nitrogens with zero attached hydrogens (tertiary/aromatic N) is 2. The molecule has 108 valence electrons. The number of hydrogen-bond donors (Lipinski definition) is 1. The molecule has 1 fully saturated rings. The summed E-state index contributed by atoms with van der Waals surface area (Å²) in [6, 6.07) is 4.54. The SMILES string of the molecule is CNc1ccc([N+](=O)[O-])c(C(=O)N2CCCC(C)C2)c1. The first-order valence-electron chi connectivity index (χ1n) is 6.78. The van der Waals surface area contributed by atoms with Crippen molar-refractivity contribution in [1.29, 1.82) is 0 Å². The zero-order valence-corrected chi connectivity index (χ0v) is 11.8. The first-order valence-corrected chi connectivity index (χ1v) is 6.78. The fraction of sp³-hybridized carbons (Fsp3) is 0.500. The van der Waals surface area contributed by atoms with Gasteiger partial charge in [-0.3, -0.25) is 14.9 Å². The van der Waals surface area contributed by atoms with Gasteiger partial charge in [0.15, 0.2) is 0 Å². The Morgan fingerprint density at radius 2 is 2.25 bits per heavy atom. The van der Waals surface area contributed by atoms with Crippen LogP contribution in [0, 0.1) is 16.0 Å². The van der Waals surface area contributed by atoms with Crippen LogP contribution >= 0.6 is 0 Å². The Morgan fingerprint density at radius 3 is 2.85 bits per heavy atom. The summed E-state index contributed by atoms with van der Waals surface area (Å²) in [5, 5.41) is 14.0. The summed E-state index contributed by atoms with van der Waals surface area (Å²) in [5.74, 6) is 0.194. The van der Waals surface area contributed by atoms with Crippen LogP contribution in [0.2, 0.25) is 0 Å². The predicted molar refractivity (Wildman–Crippen MR) is 76.9 cm³/mol. The average Bonchev–Trinajstić information content (AvgIpc) is 2.45. The van der Waals surface area contributed by atoms with Gasteiger partial charge in [-0.1, -0.05) is 6.92 Å². The van der Waals surface area contributed by atoms with E-state index >= 15 is 0 Å². The Morgan fingerprint density at radius 1 is 1.50 bits per heavy atom. The molecule has 1 N–H and O–H groups in total. The lowest BCUT2D eigenvalue weighted by molar-refractivity contribution is -0.385. The largest absolute Gasteiger partial charge is 0.388 e. The molecule has 6 nitrogen and oxygen atoms in total. The van der Waals surface area contributed by atoms with Crippen LogP contribution in [0.25, 0.3) is 0 Å². The second-order valence-electron chi connectivity index (χ2n) is 5.24. The fourth-order valence-electron chi connectivity index (χ4n) is 2.57. The van der Waals surface area contributed by atoms with Crippen molar-refractivity contribution in [1.82, 2.24) is 4.90 Å². The lowest BCUT2D eigenvalue weighted by atomic mass is 9.99. The van der Waals surface area contributed by atoms with E-state index in [1.54, 1.807) is 24.1 Å². The number of carbonyl (C=O) groups excluding carboxylic acids is 1. The molecular weight excluding hydrogens is 258 g/mol. The number of hydrogen-bond acceptors (Lipinski definition) is 4. The standard InChI is InChI=1S/C14H19N3O3/c1-10-4-3-7-16(9-10)14(18)12-8-11(15-2)5-6-13(12)17(19)20/h5-6,8,10,15H,3-4,7,9H2,1-2H3. The highest BCUT2D eigenvalue weighted by Gasteiger charge is 2.27. The summed E-state index contributed by atoms with van der Waals surface area (Å²) >= 11 is 0. The van der Waals surface area contributed by atoms with E-state index in [2.05, 4.69) is 12.2 Å². The number of anilines is 1. The van der Waals surface area contributed by atoms with Gasteiger partial charge in [-0.2, -0.15) is 0 Å². The highest BCUT2D eigenvalue weighted by molar-refractivity contribution is 5.99. The van der Waals surface area contributed by atoms with E-state index in [-0.39, 0.29) is 17.2 Å². The molecule has 1 atom stereocenters. The van der Waals surface area contributed by atoms with Gasteiger partial charge in [0.1, 0.15) is 5.56 Å². The zero-order chi connectivity index (χ0) is 14.7. The van der Waals surface area contributed by atoms with Crippen molar-refractivity contribution in [2.75, 3.05) is 25.5 Å². The van der Waals surface area contributed by atoms with E-state index in [0.717, 1.165) is 12.8 Å². The number of carbonyl (C=O) groups is 1. The topological polar surface area (TPSA) is 75.5 Å². The molecule has 0 bridgehead atoms. The number of nitro benzene ring substituents is 1. The van der Waals surface area contributed by atoms with Crippen LogP contribution in [-0.2, 0) is 0 Å². The smallest absolute Gasteiger partial charge is 0.282 e. The van der Waals surface area contributed by atoms with Crippen LogP contribution in [0.4, 0.5) is 11.4 Å². The average molecular weight is 277 g/mol. The number of likely N-dealkylation sites (tertiary alicyclic amines) is 1. The van der Waals surface area contributed by atoms with E-state index in [9.17, 15) is 14.9 Å². The Balaban J connectivity index is 2.34. The maximum Gasteiger partial charge on any atom is 0.282 e. The van der Waals surface area contributed by atoms with E-state index in [1.807, 2.05) is 0 Å². The molecule has 0 spiro atoms. The van der Waals surface area contributed by atoms with Gasteiger partial charge in [0.05, 0.1) is 4.92 Å². The molecule has 0 aromatic heterocycles. The third-order valence-electron chi connectivity index (χ3n) is 3.66. The van der Waals surface area contributed by atoms with Gasteiger partial charge in [-0.25, -0.2) is 0 Å². The Hall–Kier alpha value is -2.11. The third kappa shape index (κ3) is 2.89. The quantitative estimate of drug-likeness (QED) is 0.680. The van der Waals surface area contributed by atoms with Crippen LogP contribution in [0.5, 0.6) is 0 Å². The maximum absolute atomic E-state index is 12.5. The van der Waals surface area contributed by atoms with Crippen molar-refractivity contribution in [2.45, 2.75) is 19.8 Å². The van der Waals surface area contributed by atoms with Crippen LogP contribution in [0.3, 0.4) is 0 Å². The molecule has 1 saturated heterocycles. The molecule has 6 heteroatoms. The van der Waals surface area contributed by atoms with E-state index in [0.29, 0.717) is 24.7 Å². The monoisotopic (exact) mass is 277 g/mol. The molecular formula is C14H19N3O3. The number of nitro groups is 1. The lowest BCUT2D eigenvalue weighted by Crippen LogP contribution is -2.39. The summed E-state index contributed by atoms with van der Waals surface area (Å²) in [6.45, 7) is 3.43. The molecule has 0 radical (unpaired) electrons. The van der Waals surface area contributed by atoms with E-state index in [4.69, 9.17) is 0 Å². The van der Waals surface area contributed by atoms with Crippen molar-refractivity contribution in [3.63, 3.8) is 0 Å². The Labute approximate surface area is 117 Å². The lowest BCUT2D eigenvalue weighted by Gasteiger charge is -2.30. The van der Waals surface area contributed by atoms with E-state index in [1.165, 1.54) is 6.07 Å². The zero-order valence-electron chi connectivity index (χ0n) is 11.8. The maximum atomic E-state index is 12.5. The minimum absolute atomic E-state index is 0.132. The number of benzene rings is 1. The van der Waals surface area contributed by atoms with Crippen molar-refractivity contribution in [3.8, 4) is 0 Å². The molecule has 1 aromatic carbocycles. The first kappa shape index (κ1) is 14.3. The first-order chi connectivity index (χ1) is 9.52. The van der Waals surface area contributed by atoms with Crippen LogP contribution in [0.1, 0.15) is 30.1 Å². The third-order valence-corrected chi connectivity index (χ3v) is 3.66. The Kier molecular flexibility index (Phi) is 4.22. The molecule has 20 heavy (non-hydrogen) atoms. The second-order valence-corrected chi connectivity index (χ2v) is 5.24. The van der Waals surface area contributed by atoms with Gasteiger partial charge in [0.25, 0.3) is 11.6 Å². The van der Waals surface area contributed by atoms with Crippen LogP contribution in [-0.4, -0.2) is 35.9 Å². The highest BCUT2D eigenvalue weighted by atomic mass is 16.6. The van der Waals surface area contributed by atoms with E-state index < -0.39 is 4.92 Å². The van der Waals surface area contributed by atoms with Gasteiger partial charge in [-0.15, -0.1) is 0 Å². The molecule has 0 saturated carbocycles. The predicted octanol–water partition coefficient (Wildman–Crippen LogP) is 2.51. The summed E-state index contributed by atoms with van der Waals surface area (Å²) < 4.78 is 0. The van der Waals surface area contributed by atoms with Crippen LogP contribution < -0.4 is 5.32 Å². The molecule has 1 aromatic rings. The van der Waals surface area contributed by atoms with Crippen molar-refractivity contribution >= 4 is 17.3 Å².